The quantitative estimate of drug-likeness (QED) is 0.0654. The largest absolute Gasteiger partial charge is 0.504 e. The number of hydrogen-bond acceptors (Lipinski definition) is 14. The van der Waals surface area contributed by atoms with Crippen LogP contribution < -0.4 is 36.2 Å². The first-order valence-electron chi connectivity index (χ1n) is 29.0. The maximum Gasteiger partial charge on any atom is 0.412 e. The van der Waals surface area contributed by atoms with Gasteiger partial charge in [0, 0.05) is 64.4 Å². The zero-order chi connectivity index (χ0) is 57.9. The van der Waals surface area contributed by atoms with E-state index < -0.39 is 17.5 Å². The van der Waals surface area contributed by atoms with Crippen LogP contribution in [0, 0.1) is 33.5 Å². The lowest BCUT2D eigenvalue weighted by Gasteiger charge is -2.65. The molecule has 7 aliphatic rings. The molecule has 17 nitrogen and oxygen atoms in total. The number of benzene rings is 2. The van der Waals surface area contributed by atoms with Crippen LogP contribution >= 0.6 is 11.8 Å². The number of carbonyl (C=O) groups excluding carboxylic acids is 4. The lowest BCUT2D eigenvalue weighted by atomic mass is 9.39. The molecule has 0 bridgehead atoms. The second-order valence-electron chi connectivity index (χ2n) is 24.4. The Hall–Kier alpha value is -6.34. The molecular formula is C63H83N7O10S. The van der Waals surface area contributed by atoms with Crippen molar-refractivity contribution in [3.05, 3.63) is 112 Å². The van der Waals surface area contributed by atoms with Gasteiger partial charge in [-0.3, -0.25) is 14.9 Å². The first kappa shape index (κ1) is 59.3. The summed E-state index contributed by atoms with van der Waals surface area (Å²) in [6.07, 6.45) is 15.4. The van der Waals surface area contributed by atoms with E-state index in [1.54, 1.807) is 30.0 Å². The molecule has 3 aromatic rings. The van der Waals surface area contributed by atoms with E-state index in [2.05, 4.69) is 76.5 Å². The van der Waals surface area contributed by atoms with Crippen LogP contribution in [0.25, 0.3) is 5.70 Å². The SMILES string of the molecule is CC.CC1=C(O)C(=O)C=C2C1=CC=C1C2(C)CCC2C3CC(C)(C(=O)NCCCOCCOCCOCCNC(=O)Oc4ccc5c(c4)SC4NC(c6ccc(NC(=O)Nc7cc(C(C)(C)C)on7)cc6)=CN54)CCC3(C)CCC12C. The number of ketones is 1. The van der Waals surface area contributed by atoms with Gasteiger partial charge in [0.05, 0.1) is 44.4 Å². The third-order valence-corrected chi connectivity index (χ3v) is 19.2. The molecule has 1 aromatic heterocycles. The highest BCUT2D eigenvalue weighted by atomic mass is 32.2. The predicted molar refractivity (Wildman–Crippen MR) is 316 cm³/mol. The molecule has 436 valence electrons. The summed E-state index contributed by atoms with van der Waals surface area (Å²) < 4.78 is 28.0. The van der Waals surface area contributed by atoms with Gasteiger partial charge in [0.2, 0.25) is 11.7 Å². The Morgan fingerprint density at radius 3 is 2.30 bits per heavy atom. The Bertz CT molecular complexity index is 3030. The molecule has 4 amide bonds. The number of aromatic nitrogens is 1. The van der Waals surface area contributed by atoms with Gasteiger partial charge in [-0.1, -0.05) is 109 Å². The number of thioether (sulfide) groups is 1. The second kappa shape index (κ2) is 24.2. The van der Waals surface area contributed by atoms with E-state index >= 15 is 0 Å². The summed E-state index contributed by atoms with van der Waals surface area (Å²) in [6.45, 7) is 24.5. The lowest BCUT2D eigenvalue weighted by Crippen LogP contribution is -2.57. The molecule has 0 radical (unpaired) electrons. The molecule has 7 unspecified atom stereocenters. The number of amides is 4. The van der Waals surface area contributed by atoms with Crippen molar-refractivity contribution in [2.24, 2.45) is 33.5 Å². The van der Waals surface area contributed by atoms with E-state index in [4.69, 9.17) is 23.5 Å². The fraction of sp³-hybridized carbons (Fsp3) is 0.540. The summed E-state index contributed by atoms with van der Waals surface area (Å²) in [5.74, 6) is 2.04. The van der Waals surface area contributed by atoms with Crippen molar-refractivity contribution in [1.82, 2.24) is 21.1 Å². The maximum absolute atomic E-state index is 13.9. The number of allylic oxidation sites excluding steroid dienone is 7. The van der Waals surface area contributed by atoms with Gasteiger partial charge in [0.1, 0.15) is 11.5 Å². The van der Waals surface area contributed by atoms with Gasteiger partial charge < -0.3 is 54.7 Å². The van der Waals surface area contributed by atoms with Gasteiger partial charge in [0.25, 0.3) is 0 Å². The number of rotatable bonds is 18. The Morgan fingerprint density at radius 1 is 0.852 bits per heavy atom. The number of aliphatic hydroxyl groups is 1. The van der Waals surface area contributed by atoms with Gasteiger partial charge in [-0.15, -0.1) is 0 Å². The molecule has 10 rings (SSSR count). The Kier molecular flexibility index (Phi) is 17.7. The van der Waals surface area contributed by atoms with Gasteiger partial charge >= 0.3 is 12.1 Å². The van der Waals surface area contributed by atoms with Gasteiger partial charge in [-0.05, 0) is 134 Å². The highest BCUT2D eigenvalue weighted by Crippen LogP contribution is 2.70. The summed E-state index contributed by atoms with van der Waals surface area (Å²) in [7, 11) is 0. The highest BCUT2D eigenvalue weighted by molar-refractivity contribution is 8.00. The summed E-state index contributed by atoms with van der Waals surface area (Å²) in [5.41, 5.74) is 6.85. The van der Waals surface area contributed by atoms with Crippen molar-refractivity contribution in [1.29, 1.82) is 0 Å². The third-order valence-electron chi connectivity index (χ3n) is 18.0. The van der Waals surface area contributed by atoms with Crippen molar-refractivity contribution in [2.45, 2.75) is 136 Å². The van der Waals surface area contributed by atoms with Crippen LogP contribution in [-0.2, 0) is 29.2 Å². The Balaban J connectivity index is 0.00000392. The van der Waals surface area contributed by atoms with E-state index in [9.17, 15) is 24.3 Å². The zero-order valence-electron chi connectivity index (χ0n) is 48.9. The van der Waals surface area contributed by atoms with E-state index in [0.717, 1.165) is 77.9 Å². The predicted octanol–water partition coefficient (Wildman–Crippen LogP) is 12.3. The van der Waals surface area contributed by atoms with Crippen LogP contribution in [0.15, 0.2) is 110 Å². The fourth-order valence-electron chi connectivity index (χ4n) is 13.3. The summed E-state index contributed by atoms with van der Waals surface area (Å²) in [5, 5.41) is 29.5. The molecule has 3 heterocycles. The molecule has 0 saturated heterocycles. The highest BCUT2D eigenvalue weighted by Gasteiger charge is 2.62. The normalized spacial score (nSPS) is 27.0. The fourth-order valence-corrected chi connectivity index (χ4v) is 14.5. The third kappa shape index (κ3) is 12.4. The van der Waals surface area contributed by atoms with Gasteiger partial charge in [0.15, 0.2) is 17.1 Å². The van der Waals surface area contributed by atoms with Crippen LogP contribution in [-0.4, -0.2) is 92.3 Å². The summed E-state index contributed by atoms with van der Waals surface area (Å²) in [4.78, 5) is 55.1. The molecule has 0 spiro atoms. The van der Waals surface area contributed by atoms with Crippen LogP contribution in [0.4, 0.5) is 26.8 Å². The smallest absolute Gasteiger partial charge is 0.412 e. The lowest BCUT2D eigenvalue weighted by molar-refractivity contribution is -0.144. The minimum atomic E-state index is -0.566. The van der Waals surface area contributed by atoms with E-state index in [1.807, 2.05) is 84.1 Å². The van der Waals surface area contributed by atoms with Gasteiger partial charge in [-0.25, -0.2) is 9.59 Å². The average Bonchev–Trinajstić information content (AvgIpc) is 4.38. The minimum absolute atomic E-state index is 0.0331. The number of fused-ring (bicyclic) bond motifs is 10. The monoisotopic (exact) mass is 1130 g/mol. The molecule has 5 aliphatic carbocycles. The maximum atomic E-state index is 13.9. The van der Waals surface area contributed by atoms with Crippen molar-refractivity contribution in [3.63, 3.8) is 0 Å². The van der Waals surface area contributed by atoms with E-state index in [-0.39, 0.29) is 51.2 Å². The number of hydrogen-bond donors (Lipinski definition) is 6. The molecule has 2 aromatic carbocycles. The number of anilines is 3. The van der Waals surface area contributed by atoms with Crippen molar-refractivity contribution in [2.75, 3.05) is 68.3 Å². The minimum Gasteiger partial charge on any atom is -0.504 e. The van der Waals surface area contributed by atoms with Crippen LogP contribution in [0.2, 0.25) is 0 Å². The summed E-state index contributed by atoms with van der Waals surface area (Å²) in [6, 6.07) is 14.4. The van der Waals surface area contributed by atoms with Crippen LogP contribution in [0.1, 0.15) is 132 Å². The Morgan fingerprint density at radius 2 is 1.57 bits per heavy atom. The van der Waals surface area contributed by atoms with Crippen LogP contribution in [0.5, 0.6) is 5.75 Å². The number of nitrogens with zero attached hydrogens (tertiary/aromatic N) is 2. The van der Waals surface area contributed by atoms with Crippen molar-refractivity contribution < 1.29 is 47.8 Å². The molecular weight excluding hydrogens is 1050 g/mol. The van der Waals surface area contributed by atoms with E-state index in [1.165, 1.54) is 5.57 Å². The first-order valence-corrected chi connectivity index (χ1v) is 29.9. The number of urea groups is 1. The molecule has 2 aliphatic heterocycles. The van der Waals surface area contributed by atoms with Crippen molar-refractivity contribution in [3.8, 4) is 5.75 Å². The zero-order valence-corrected chi connectivity index (χ0v) is 49.7. The standard InChI is InChI=1S/C61H77N7O10S.C2H6/c1-37-41-15-17-49-60(7,43(41)33-47(69)52(37)70)19-18-42-44-35-59(6,21-20-58(44,5)22-23-61(42,49)8)53(71)62-24-9-26-74-28-30-76-31-29-75-27-25-63-56(73)77-40-14-16-46-48(32-40)79-55-65-45(36-68(46)55)38-10-12-39(13-11-38)64-54(72)66-51-34-50(78-67-51)57(2,3)4;1-2/h10-17,32-34,36,42,44,55,65,70H,9,18-31,35H2,1-8H3,(H,62,71)(H,63,73)(H2,64,66,67,72);1-2H3. The number of nitrogens with one attached hydrogen (secondary N) is 5. The molecule has 18 heteroatoms. The second-order valence-corrected chi connectivity index (χ2v) is 25.5. The average molecular weight is 1130 g/mol. The molecule has 7 atom stereocenters. The number of aliphatic hydroxyl groups excluding tert-OH is 1. The topological polar surface area (TPSA) is 215 Å². The van der Waals surface area contributed by atoms with Crippen LogP contribution in [0.3, 0.4) is 0 Å². The van der Waals surface area contributed by atoms with Gasteiger partial charge in [-0.2, -0.15) is 0 Å². The van der Waals surface area contributed by atoms with Crippen molar-refractivity contribution >= 4 is 58.5 Å². The summed E-state index contributed by atoms with van der Waals surface area (Å²) >= 11 is 1.62. The molecule has 3 saturated carbocycles. The number of ether oxygens (including phenoxy) is 4. The first-order chi connectivity index (χ1) is 38.7. The molecule has 81 heavy (non-hydrogen) atoms. The Labute approximate surface area is 481 Å². The number of carbonyl (C=O) groups is 4. The molecule has 6 N–H and O–H groups in total. The van der Waals surface area contributed by atoms with E-state index in [0.29, 0.717) is 93.0 Å². The molecule has 3 fully saturated rings.